The number of alkyl halides is 3. The van der Waals surface area contributed by atoms with E-state index < -0.39 is 22.7 Å². The van der Waals surface area contributed by atoms with Crippen molar-refractivity contribution >= 4 is 23.2 Å². The smallest absolute Gasteiger partial charge is 0.417 e. The quantitative estimate of drug-likeness (QED) is 0.809. The maximum absolute atomic E-state index is 12.9. The van der Waals surface area contributed by atoms with Crippen LogP contribution in [0.1, 0.15) is 15.9 Å². The molecule has 5 nitrogen and oxygen atoms in total. The molecule has 0 aliphatic carbocycles. The number of nitrogens with one attached hydrogen (secondary N) is 1. The molecule has 1 N–H and O–H groups in total. The van der Waals surface area contributed by atoms with Crippen LogP contribution in [0.15, 0.2) is 30.3 Å². The Hall–Kier alpha value is -2.61. The number of anilines is 1. The number of carbonyl (C=O) groups is 1. The van der Waals surface area contributed by atoms with E-state index in [1.807, 2.05) is 0 Å². The number of halogens is 4. The zero-order chi connectivity index (χ0) is 19.5. The van der Waals surface area contributed by atoms with Gasteiger partial charge in [0.2, 0.25) is 0 Å². The minimum absolute atomic E-state index is 0.0636. The van der Waals surface area contributed by atoms with Crippen molar-refractivity contribution in [2.75, 3.05) is 26.6 Å². The molecule has 26 heavy (non-hydrogen) atoms. The Kier molecular flexibility index (Phi) is 5.86. The number of rotatable bonds is 5. The van der Waals surface area contributed by atoms with Crippen molar-refractivity contribution < 1.29 is 32.2 Å². The summed E-state index contributed by atoms with van der Waals surface area (Å²) in [7, 11) is 4.16. The van der Waals surface area contributed by atoms with Gasteiger partial charge >= 0.3 is 6.18 Å². The fourth-order valence-corrected chi connectivity index (χ4v) is 2.45. The first-order chi connectivity index (χ1) is 12.2. The molecule has 0 bridgehead atoms. The van der Waals surface area contributed by atoms with E-state index in [-0.39, 0.29) is 22.7 Å². The van der Waals surface area contributed by atoms with Gasteiger partial charge in [0.25, 0.3) is 5.91 Å². The van der Waals surface area contributed by atoms with E-state index in [0.717, 1.165) is 12.1 Å². The van der Waals surface area contributed by atoms with Crippen LogP contribution in [0.25, 0.3) is 0 Å². The van der Waals surface area contributed by atoms with Crippen LogP contribution in [0.5, 0.6) is 17.2 Å². The number of methoxy groups -OCH3 is 3. The van der Waals surface area contributed by atoms with Gasteiger partial charge < -0.3 is 19.5 Å². The van der Waals surface area contributed by atoms with E-state index in [9.17, 15) is 18.0 Å². The summed E-state index contributed by atoms with van der Waals surface area (Å²) in [6.07, 6.45) is -4.64. The third-order valence-corrected chi connectivity index (χ3v) is 3.81. The van der Waals surface area contributed by atoms with Gasteiger partial charge in [0.15, 0.2) is 11.5 Å². The summed E-state index contributed by atoms with van der Waals surface area (Å²) in [5.41, 5.74) is -1.05. The SMILES string of the molecule is COc1cc(OC)c(C(=O)Nc2ccc(Cl)c(C(F)(F)F)c2)cc1OC. The summed E-state index contributed by atoms with van der Waals surface area (Å²) < 4.78 is 54.2. The molecule has 0 radical (unpaired) electrons. The second kappa shape index (κ2) is 7.74. The highest BCUT2D eigenvalue weighted by molar-refractivity contribution is 6.31. The lowest BCUT2D eigenvalue weighted by molar-refractivity contribution is -0.137. The van der Waals surface area contributed by atoms with Gasteiger partial charge in [0.1, 0.15) is 5.75 Å². The number of hydrogen-bond donors (Lipinski definition) is 1. The molecule has 0 saturated carbocycles. The third-order valence-electron chi connectivity index (χ3n) is 3.48. The van der Waals surface area contributed by atoms with Crippen LogP contribution in [-0.2, 0) is 6.18 Å². The largest absolute Gasteiger partial charge is 0.496 e. The van der Waals surface area contributed by atoms with Gasteiger partial charge in [-0.1, -0.05) is 11.6 Å². The minimum Gasteiger partial charge on any atom is -0.496 e. The topological polar surface area (TPSA) is 56.8 Å². The molecule has 1 amide bonds. The molecule has 0 aliphatic rings. The Bertz CT molecular complexity index is 824. The molecule has 2 aromatic carbocycles. The first kappa shape index (κ1) is 19.7. The van der Waals surface area contributed by atoms with E-state index in [1.165, 1.54) is 39.5 Å². The third kappa shape index (κ3) is 4.13. The Morgan fingerprint density at radius 2 is 1.54 bits per heavy atom. The average Bonchev–Trinajstić information content (AvgIpc) is 2.60. The van der Waals surface area contributed by atoms with Gasteiger partial charge in [-0.25, -0.2) is 0 Å². The number of amides is 1. The summed E-state index contributed by atoms with van der Waals surface area (Å²) in [6, 6.07) is 5.90. The summed E-state index contributed by atoms with van der Waals surface area (Å²) in [4.78, 5) is 12.5. The van der Waals surface area contributed by atoms with Crippen molar-refractivity contribution in [3.05, 3.63) is 46.5 Å². The average molecular weight is 390 g/mol. The maximum atomic E-state index is 12.9. The van der Waals surface area contributed by atoms with Gasteiger partial charge in [0.05, 0.1) is 37.5 Å². The van der Waals surface area contributed by atoms with Gasteiger partial charge in [-0.3, -0.25) is 4.79 Å². The van der Waals surface area contributed by atoms with Gasteiger partial charge in [-0.05, 0) is 18.2 Å². The molecule has 0 saturated heterocycles. The predicted molar refractivity (Wildman–Crippen MR) is 90.5 cm³/mol. The molecule has 0 aromatic heterocycles. The second-order valence-electron chi connectivity index (χ2n) is 5.05. The molecule has 0 heterocycles. The zero-order valence-corrected chi connectivity index (χ0v) is 14.8. The van der Waals surface area contributed by atoms with Crippen LogP contribution >= 0.6 is 11.6 Å². The number of hydrogen-bond acceptors (Lipinski definition) is 4. The van der Waals surface area contributed by atoms with Gasteiger partial charge in [-0.2, -0.15) is 13.2 Å². The highest BCUT2D eigenvalue weighted by atomic mass is 35.5. The molecule has 140 valence electrons. The fraction of sp³-hybridized carbons (Fsp3) is 0.235. The van der Waals surface area contributed by atoms with E-state index in [0.29, 0.717) is 5.75 Å². The van der Waals surface area contributed by atoms with E-state index in [2.05, 4.69) is 5.32 Å². The normalized spacial score (nSPS) is 11.0. The standard InChI is InChI=1S/C17H15ClF3NO4/c1-24-13-8-15(26-3)14(25-2)7-10(13)16(23)22-9-4-5-12(18)11(6-9)17(19,20)21/h4-8H,1-3H3,(H,22,23). The van der Waals surface area contributed by atoms with E-state index >= 15 is 0 Å². The van der Waals surface area contributed by atoms with Crippen molar-refractivity contribution in [2.45, 2.75) is 6.18 Å². The maximum Gasteiger partial charge on any atom is 0.417 e. The summed E-state index contributed by atoms with van der Waals surface area (Å²) in [5, 5.41) is 1.93. The molecule has 0 spiro atoms. The molecule has 0 aliphatic heterocycles. The highest BCUT2D eigenvalue weighted by Gasteiger charge is 2.33. The molecular weight excluding hydrogens is 375 g/mol. The van der Waals surface area contributed by atoms with E-state index in [1.54, 1.807) is 0 Å². The fourth-order valence-electron chi connectivity index (χ4n) is 2.23. The molecule has 0 fully saturated rings. The van der Waals surface area contributed by atoms with Crippen molar-refractivity contribution in [1.29, 1.82) is 0 Å². The monoisotopic (exact) mass is 389 g/mol. The second-order valence-corrected chi connectivity index (χ2v) is 5.46. The predicted octanol–water partition coefficient (Wildman–Crippen LogP) is 4.64. The lowest BCUT2D eigenvalue weighted by atomic mass is 10.1. The molecular formula is C17H15ClF3NO4. The Labute approximate surface area is 152 Å². The Morgan fingerprint density at radius 1 is 0.962 bits per heavy atom. The first-order valence-electron chi connectivity index (χ1n) is 7.19. The minimum atomic E-state index is -4.64. The molecule has 0 unspecified atom stereocenters. The van der Waals surface area contributed by atoms with Crippen molar-refractivity contribution in [2.24, 2.45) is 0 Å². The molecule has 0 atom stereocenters. The number of benzene rings is 2. The number of ether oxygens (including phenoxy) is 3. The molecule has 2 aromatic rings. The van der Waals surface area contributed by atoms with Crippen LogP contribution in [0, 0.1) is 0 Å². The molecule has 2 rings (SSSR count). The molecule has 9 heteroatoms. The summed E-state index contributed by atoms with van der Waals surface area (Å²) in [5.74, 6) is 0.0979. The Balaban J connectivity index is 2.39. The van der Waals surface area contributed by atoms with Gasteiger partial charge in [-0.15, -0.1) is 0 Å². The highest BCUT2D eigenvalue weighted by Crippen LogP contribution is 2.37. The van der Waals surface area contributed by atoms with Crippen LogP contribution in [0.4, 0.5) is 18.9 Å². The van der Waals surface area contributed by atoms with Crippen LogP contribution < -0.4 is 19.5 Å². The van der Waals surface area contributed by atoms with E-state index in [4.69, 9.17) is 25.8 Å². The first-order valence-corrected chi connectivity index (χ1v) is 7.57. The number of carbonyl (C=O) groups excluding carboxylic acids is 1. The summed E-state index contributed by atoms with van der Waals surface area (Å²) >= 11 is 5.57. The Morgan fingerprint density at radius 3 is 2.08 bits per heavy atom. The van der Waals surface area contributed by atoms with Crippen molar-refractivity contribution in [3.8, 4) is 17.2 Å². The lowest BCUT2D eigenvalue weighted by Crippen LogP contribution is -2.15. The van der Waals surface area contributed by atoms with Gasteiger partial charge in [0, 0.05) is 17.8 Å². The zero-order valence-electron chi connectivity index (χ0n) is 14.0. The summed E-state index contributed by atoms with van der Waals surface area (Å²) in [6.45, 7) is 0. The van der Waals surface area contributed by atoms with Crippen LogP contribution in [0.2, 0.25) is 5.02 Å². The lowest BCUT2D eigenvalue weighted by Gasteiger charge is -2.15. The van der Waals surface area contributed by atoms with Crippen LogP contribution in [-0.4, -0.2) is 27.2 Å². The van der Waals surface area contributed by atoms with Crippen molar-refractivity contribution in [3.63, 3.8) is 0 Å². The van der Waals surface area contributed by atoms with Crippen molar-refractivity contribution in [1.82, 2.24) is 0 Å². The van der Waals surface area contributed by atoms with Crippen LogP contribution in [0.3, 0.4) is 0 Å².